The highest BCUT2D eigenvalue weighted by atomic mass is 79.9. The molecule has 2 aromatic carbocycles. The number of halogens is 1. The van der Waals surface area contributed by atoms with Crippen molar-refractivity contribution < 1.29 is 4.42 Å². The van der Waals surface area contributed by atoms with Gasteiger partial charge in [-0.1, -0.05) is 24.3 Å². The van der Waals surface area contributed by atoms with Crippen LogP contribution in [0.2, 0.25) is 0 Å². The van der Waals surface area contributed by atoms with Crippen LogP contribution in [0.15, 0.2) is 45.3 Å². The maximum Gasteiger partial charge on any atom is 0.149 e. The number of hydrogen-bond donors (Lipinski definition) is 1. The fraction of sp³-hybridized carbons (Fsp3) is 0.143. The van der Waals surface area contributed by atoms with E-state index >= 15 is 0 Å². The third-order valence-corrected chi connectivity index (χ3v) is 3.72. The maximum absolute atomic E-state index is 5.84. The van der Waals surface area contributed by atoms with Gasteiger partial charge in [0.05, 0.1) is 10.5 Å². The standard InChI is InChI=1S/C14H12BrNO/c1-8(16)12-7-10-6-9-4-2-3-5-11(9)13(15)14(10)17-12/h2-8H,16H2,1H3. The van der Waals surface area contributed by atoms with Crippen LogP contribution in [-0.2, 0) is 0 Å². The first-order valence-corrected chi connectivity index (χ1v) is 6.32. The molecule has 2 nitrogen and oxygen atoms in total. The van der Waals surface area contributed by atoms with Crippen LogP contribution in [-0.4, -0.2) is 0 Å². The third kappa shape index (κ3) is 1.66. The molecule has 0 bridgehead atoms. The fourth-order valence-corrected chi connectivity index (χ4v) is 2.71. The summed E-state index contributed by atoms with van der Waals surface area (Å²) in [5, 5.41) is 3.44. The summed E-state index contributed by atoms with van der Waals surface area (Å²) in [7, 11) is 0. The molecular weight excluding hydrogens is 278 g/mol. The minimum Gasteiger partial charge on any atom is -0.458 e. The van der Waals surface area contributed by atoms with Crippen LogP contribution >= 0.6 is 15.9 Å². The van der Waals surface area contributed by atoms with Crippen LogP contribution in [0, 0.1) is 0 Å². The molecule has 1 heterocycles. The van der Waals surface area contributed by atoms with E-state index in [9.17, 15) is 0 Å². The molecule has 1 aromatic heterocycles. The molecule has 0 aliphatic heterocycles. The van der Waals surface area contributed by atoms with Gasteiger partial charge in [0.1, 0.15) is 11.3 Å². The molecule has 0 saturated heterocycles. The summed E-state index contributed by atoms with van der Waals surface area (Å²) in [6.45, 7) is 1.92. The first-order chi connectivity index (χ1) is 8.16. The smallest absolute Gasteiger partial charge is 0.149 e. The van der Waals surface area contributed by atoms with Crippen molar-refractivity contribution in [2.75, 3.05) is 0 Å². The number of furan rings is 1. The zero-order valence-electron chi connectivity index (χ0n) is 9.41. The van der Waals surface area contributed by atoms with E-state index in [0.29, 0.717) is 0 Å². The van der Waals surface area contributed by atoms with Gasteiger partial charge >= 0.3 is 0 Å². The molecule has 0 saturated carbocycles. The second-order valence-electron chi connectivity index (χ2n) is 4.27. The lowest BCUT2D eigenvalue weighted by atomic mass is 10.1. The Labute approximate surface area is 108 Å². The molecule has 0 spiro atoms. The van der Waals surface area contributed by atoms with Crippen molar-refractivity contribution in [3.05, 3.63) is 46.6 Å². The predicted octanol–water partition coefficient (Wildman–Crippen LogP) is 4.37. The van der Waals surface area contributed by atoms with Crippen molar-refractivity contribution in [1.82, 2.24) is 0 Å². The quantitative estimate of drug-likeness (QED) is 0.723. The van der Waals surface area contributed by atoms with Crippen molar-refractivity contribution in [2.45, 2.75) is 13.0 Å². The summed E-state index contributed by atoms with van der Waals surface area (Å²) in [5.41, 5.74) is 6.72. The van der Waals surface area contributed by atoms with Crippen molar-refractivity contribution in [3.8, 4) is 0 Å². The van der Waals surface area contributed by atoms with Crippen molar-refractivity contribution in [1.29, 1.82) is 0 Å². The number of hydrogen-bond acceptors (Lipinski definition) is 2. The van der Waals surface area contributed by atoms with E-state index in [2.05, 4.69) is 34.1 Å². The lowest BCUT2D eigenvalue weighted by Crippen LogP contribution is -2.02. The van der Waals surface area contributed by atoms with Crippen molar-refractivity contribution >= 4 is 37.7 Å². The van der Waals surface area contributed by atoms with E-state index in [1.54, 1.807) is 0 Å². The molecule has 3 rings (SSSR count). The van der Waals surface area contributed by atoms with Crippen LogP contribution in [0.1, 0.15) is 18.7 Å². The molecule has 0 aliphatic carbocycles. The van der Waals surface area contributed by atoms with Crippen LogP contribution in [0.3, 0.4) is 0 Å². The first-order valence-electron chi connectivity index (χ1n) is 5.53. The van der Waals surface area contributed by atoms with Crippen molar-refractivity contribution in [2.24, 2.45) is 5.73 Å². The summed E-state index contributed by atoms with van der Waals surface area (Å²) in [4.78, 5) is 0. The van der Waals surface area contributed by atoms with E-state index in [1.165, 1.54) is 5.39 Å². The van der Waals surface area contributed by atoms with Gasteiger partial charge in [0.2, 0.25) is 0 Å². The highest BCUT2D eigenvalue weighted by molar-refractivity contribution is 9.10. The van der Waals surface area contributed by atoms with E-state index in [1.807, 2.05) is 25.1 Å². The monoisotopic (exact) mass is 289 g/mol. The third-order valence-electron chi connectivity index (χ3n) is 2.94. The fourth-order valence-electron chi connectivity index (χ4n) is 2.04. The molecule has 1 unspecified atom stereocenters. The number of fused-ring (bicyclic) bond motifs is 2. The summed E-state index contributed by atoms with van der Waals surface area (Å²) < 4.78 is 6.79. The van der Waals surface area contributed by atoms with Crippen LogP contribution in [0.4, 0.5) is 0 Å². The normalized spacial score (nSPS) is 13.4. The predicted molar refractivity (Wildman–Crippen MR) is 74.0 cm³/mol. The van der Waals surface area contributed by atoms with Gasteiger partial charge in [-0.15, -0.1) is 0 Å². The van der Waals surface area contributed by atoms with Gasteiger partial charge < -0.3 is 10.2 Å². The highest BCUT2D eigenvalue weighted by Gasteiger charge is 2.12. The molecule has 0 radical (unpaired) electrons. The summed E-state index contributed by atoms with van der Waals surface area (Å²) in [6, 6.07) is 12.3. The lowest BCUT2D eigenvalue weighted by molar-refractivity contribution is 0.512. The maximum atomic E-state index is 5.84. The Kier molecular flexibility index (Phi) is 2.45. The summed E-state index contributed by atoms with van der Waals surface area (Å²) in [6.07, 6.45) is 0. The molecule has 0 amide bonds. The van der Waals surface area contributed by atoms with Gasteiger partial charge in [-0.25, -0.2) is 0 Å². The Morgan fingerprint density at radius 3 is 2.71 bits per heavy atom. The van der Waals surface area contributed by atoms with Gasteiger partial charge in [0.25, 0.3) is 0 Å². The van der Waals surface area contributed by atoms with Gasteiger partial charge in [-0.2, -0.15) is 0 Å². The largest absolute Gasteiger partial charge is 0.458 e. The van der Waals surface area contributed by atoms with Crippen LogP contribution in [0.25, 0.3) is 21.7 Å². The average molecular weight is 290 g/mol. The van der Waals surface area contributed by atoms with E-state index in [-0.39, 0.29) is 6.04 Å². The molecule has 3 aromatic rings. The zero-order valence-corrected chi connectivity index (χ0v) is 11.0. The molecular formula is C14H12BrNO. The number of nitrogens with two attached hydrogens (primary N) is 1. The average Bonchev–Trinajstić information content (AvgIpc) is 2.74. The van der Waals surface area contributed by atoms with Crippen molar-refractivity contribution in [3.63, 3.8) is 0 Å². The Hall–Kier alpha value is -1.32. The molecule has 86 valence electrons. The number of rotatable bonds is 1. The Bertz CT molecular complexity index is 700. The molecule has 0 fully saturated rings. The zero-order chi connectivity index (χ0) is 12.0. The summed E-state index contributed by atoms with van der Waals surface area (Å²) >= 11 is 3.61. The first kappa shape index (κ1) is 10.8. The second kappa shape index (κ2) is 3.86. The van der Waals surface area contributed by atoms with E-state index in [0.717, 1.165) is 26.6 Å². The number of benzene rings is 2. The lowest BCUT2D eigenvalue weighted by Gasteiger charge is -2.01. The SMILES string of the molecule is CC(N)c1cc2cc3ccccc3c(Br)c2o1. The second-order valence-corrected chi connectivity index (χ2v) is 5.06. The molecule has 1 atom stereocenters. The van der Waals surface area contributed by atoms with Crippen LogP contribution in [0.5, 0.6) is 0 Å². The highest BCUT2D eigenvalue weighted by Crippen LogP contribution is 2.35. The topological polar surface area (TPSA) is 39.2 Å². The Morgan fingerprint density at radius 1 is 1.18 bits per heavy atom. The molecule has 3 heteroatoms. The van der Waals surface area contributed by atoms with Gasteiger partial charge in [0.15, 0.2) is 0 Å². The van der Waals surface area contributed by atoms with E-state index in [4.69, 9.17) is 10.2 Å². The van der Waals surface area contributed by atoms with Gasteiger partial charge in [0, 0.05) is 5.39 Å². The van der Waals surface area contributed by atoms with Gasteiger partial charge in [-0.05, 0) is 45.8 Å². The minimum absolute atomic E-state index is 0.0857. The molecule has 2 N–H and O–H groups in total. The van der Waals surface area contributed by atoms with E-state index < -0.39 is 0 Å². The van der Waals surface area contributed by atoms with Crippen LogP contribution < -0.4 is 5.73 Å². The minimum atomic E-state index is -0.0857. The summed E-state index contributed by atoms with van der Waals surface area (Å²) in [5.74, 6) is 0.816. The Morgan fingerprint density at radius 2 is 1.94 bits per heavy atom. The Balaban J connectivity index is 2.42. The molecule has 17 heavy (non-hydrogen) atoms. The molecule has 0 aliphatic rings. The van der Waals surface area contributed by atoms with Gasteiger partial charge in [-0.3, -0.25) is 0 Å².